The van der Waals surface area contributed by atoms with Gasteiger partial charge in [-0.05, 0) is 61.1 Å². The molecule has 4 aromatic rings. The first-order chi connectivity index (χ1) is 18.4. The zero-order chi connectivity index (χ0) is 27.1. The fraction of sp³-hybridized carbons (Fsp3) is 0.290. The molecule has 0 aliphatic heterocycles. The Morgan fingerprint density at radius 3 is 2.32 bits per heavy atom. The van der Waals surface area contributed by atoms with Crippen LogP contribution in [-0.4, -0.2) is 40.2 Å². The van der Waals surface area contributed by atoms with Crippen LogP contribution in [0.15, 0.2) is 79.1 Å². The highest BCUT2D eigenvalue weighted by Crippen LogP contribution is 2.36. The van der Waals surface area contributed by atoms with E-state index in [2.05, 4.69) is 17.2 Å². The van der Waals surface area contributed by atoms with Gasteiger partial charge in [0.1, 0.15) is 11.5 Å². The van der Waals surface area contributed by atoms with E-state index in [1.165, 1.54) is 5.56 Å². The second-order valence-corrected chi connectivity index (χ2v) is 9.43. The third kappa shape index (κ3) is 6.23. The van der Waals surface area contributed by atoms with Crippen molar-refractivity contribution in [3.8, 4) is 22.6 Å². The van der Waals surface area contributed by atoms with Crippen LogP contribution < -0.4 is 9.47 Å². The lowest BCUT2D eigenvalue weighted by molar-refractivity contribution is 0.0697. The molecule has 2 atom stereocenters. The maximum atomic E-state index is 11.7. The van der Waals surface area contributed by atoms with Crippen LogP contribution in [0.2, 0.25) is 0 Å². The van der Waals surface area contributed by atoms with Crippen molar-refractivity contribution < 1.29 is 24.5 Å². The summed E-state index contributed by atoms with van der Waals surface area (Å²) in [5, 5.41) is 25.7. The van der Waals surface area contributed by atoms with Gasteiger partial charge in [-0.3, -0.25) is 4.68 Å². The highest BCUT2D eigenvalue weighted by Gasteiger charge is 2.24. The van der Waals surface area contributed by atoms with Crippen LogP contribution in [0.5, 0.6) is 11.5 Å². The topological polar surface area (TPSA) is 93.8 Å². The Labute approximate surface area is 223 Å². The average Bonchev–Trinajstić information content (AvgIpc) is 3.41. The fourth-order valence-electron chi connectivity index (χ4n) is 4.88. The zero-order valence-electron chi connectivity index (χ0n) is 22.0. The number of aromatic carboxylic acids is 1. The lowest BCUT2D eigenvalue weighted by atomic mass is 9.89. The number of methoxy groups -OCH3 is 2. The summed E-state index contributed by atoms with van der Waals surface area (Å²) in [6.45, 7) is 2.38. The van der Waals surface area contributed by atoms with E-state index < -0.39 is 12.1 Å². The maximum absolute atomic E-state index is 11.7. The van der Waals surface area contributed by atoms with Crippen molar-refractivity contribution in [2.45, 2.75) is 38.8 Å². The standard InChI is InChI=1S/C31H34N2O5/c1-21-28(37-2)16-24(17-29(21)38-3)30(34)23(13-9-12-22-10-5-4-6-11-22)19-33-20-25(18-32-33)26-14-7-8-15-27(26)31(35)36/h4-8,10-11,14-18,20,23,30,34H,9,12-13,19H2,1-3H3,(H,35,36)/t23-,30?/m1/s1. The Morgan fingerprint density at radius 2 is 1.66 bits per heavy atom. The SMILES string of the molecule is COc1cc(C(O)[C@H](CCCc2ccccc2)Cn2cc(-c3ccccc3C(=O)O)cn2)cc(OC)c1C. The van der Waals surface area contributed by atoms with Gasteiger partial charge < -0.3 is 19.7 Å². The van der Waals surface area contributed by atoms with Crippen molar-refractivity contribution in [3.63, 3.8) is 0 Å². The van der Waals surface area contributed by atoms with Gasteiger partial charge in [-0.1, -0.05) is 48.5 Å². The molecule has 3 aromatic carbocycles. The van der Waals surface area contributed by atoms with E-state index in [9.17, 15) is 15.0 Å². The molecule has 0 aliphatic carbocycles. The van der Waals surface area contributed by atoms with Crippen LogP contribution in [0.4, 0.5) is 0 Å². The Bertz CT molecular complexity index is 1340. The highest BCUT2D eigenvalue weighted by molar-refractivity contribution is 5.95. The van der Waals surface area contributed by atoms with E-state index in [1.54, 1.807) is 43.3 Å². The minimum atomic E-state index is -0.982. The molecule has 0 fully saturated rings. The molecule has 7 nitrogen and oxygen atoms in total. The van der Waals surface area contributed by atoms with Crippen molar-refractivity contribution in [2.24, 2.45) is 5.92 Å². The molecule has 2 N–H and O–H groups in total. The van der Waals surface area contributed by atoms with Gasteiger partial charge in [0, 0.05) is 29.8 Å². The number of aliphatic hydroxyl groups is 1. The van der Waals surface area contributed by atoms with E-state index in [4.69, 9.17) is 9.47 Å². The Balaban J connectivity index is 1.60. The number of carbonyl (C=O) groups is 1. The summed E-state index contributed by atoms with van der Waals surface area (Å²) < 4.78 is 12.9. The summed E-state index contributed by atoms with van der Waals surface area (Å²) in [6.07, 6.45) is 5.29. The number of ether oxygens (including phenoxy) is 2. The van der Waals surface area contributed by atoms with Crippen LogP contribution in [0.3, 0.4) is 0 Å². The van der Waals surface area contributed by atoms with Crippen molar-refractivity contribution in [3.05, 3.63) is 101 Å². The first kappa shape index (κ1) is 26.9. The van der Waals surface area contributed by atoms with E-state index in [0.717, 1.165) is 36.0 Å². The Hall–Kier alpha value is -4.10. The zero-order valence-corrected chi connectivity index (χ0v) is 22.0. The summed E-state index contributed by atoms with van der Waals surface area (Å²) in [7, 11) is 3.21. The molecule has 0 aliphatic rings. The molecule has 4 rings (SSSR count). The molecule has 1 heterocycles. The number of carboxylic acid groups (broad SMARTS) is 1. The molecule has 0 saturated carbocycles. The monoisotopic (exact) mass is 514 g/mol. The largest absolute Gasteiger partial charge is 0.496 e. The molecule has 38 heavy (non-hydrogen) atoms. The number of aromatic nitrogens is 2. The molecule has 1 aromatic heterocycles. The van der Waals surface area contributed by atoms with Crippen LogP contribution in [0.1, 0.15) is 46.0 Å². The first-order valence-electron chi connectivity index (χ1n) is 12.7. The second-order valence-electron chi connectivity index (χ2n) is 9.43. The number of carboxylic acids is 1. The molecule has 7 heteroatoms. The quantitative estimate of drug-likeness (QED) is 0.243. The predicted molar refractivity (Wildman–Crippen MR) is 147 cm³/mol. The number of benzene rings is 3. The van der Waals surface area contributed by atoms with E-state index >= 15 is 0 Å². The number of aryl methyl sites for hydroxylation is 1. The van der Waals surface area contributed by atoms with Crippen LogP contribution in [-0.2, 0) is 13.0 Å². The lowest BCUT2D eigenvalue weighted by Gasteiger charge is -2.25. The summed E-state index contributed by atoms with van der Waals surface area (Å²) >= 11 is 0. The molecular formula is C31H34N2O5. The van der Waals surface area contributed by atoms with Crippen molar-refractivity contribution in [2.75, 3.05) is 14.2 Å². The number of hydrogen-bond donors (Lipinski definition) is 2. The Kier molecular flexibility index (Phi) is 8.81. The minimum Gasteiger partial charge on any atom is -0.496 e. The van der Waals surface area contributed by atoms with Gasteiger partial charge in [-0.2, -0.15) is 5.10 Å². The molecule has 0 bridgehead atoms. The molecule has 0 radical (unpaired) electrons. The van der Waals surface area contributed by atoms with Gasteiger partial charge in [0.2, 0.25) is 0 Å². The lowest BCUT2D eigenvalue weighted by Crippen LogP contribution is -2.20. The third-order valence-electron chi connectivity index (χ3n) is 6.97. The fourth-order valence-corrected chi connectivity index (χ4v) is 4.88. The molecule has 0 amide bonds. The number of hydrogen-bond acceptors (Lipinski definition) is 5. The average molecular weight is 515 g/mol. The highest BCUT2D eigenvalue weighted by atomic mass is 16.5. The predicted octanol–water partition coefficient (Wildman–Crippen LogP) is 5.95. The van der Waals surface area contributed by atoms with Gasteiger partial charge in [-0.25, -0.2) is 4.79 Å². The number of rotatable bonds is 12. The molecule has 198 valence electrons. The first-order valence-corrected chi connectivity index (χ1v) is 12.7. The molecular weight excluding hydrogens is 480 g/mol. The van der Waals surface area contributed by atoms with Gasteiger partial charge in [0.15, 0.2) is 0 Å². The van der Waals surface area contributed by atoms with Gasteiger partial charge in [0.05, 0.1) is 32.1 Å². The summed E-state index contributed by atoms with van der Waals surface area (Å²) in [5.74, 6) is 0.185. The number of aliphatic hydroxyl groups excluding tert-OH is 1. The minimum absolute atomic E-state index is 0.154. The summed E-state index contributed by atoms with van der Waals surface area (Å²) in [5.41, 5.74) is 4.41. The number of nitrogens with zero attached hydrogens (tertiary/aromatic N) is 2. The smallest absolute Gasteiger partial charge is 0.336 e. The third-order valence-corrected chi connectivity index (χ3v) is 6.97. The maximum Gasteiger partial charge on any atom is 0.336 e. The normalized spacial score (nSPS) is 12.6. The van der Waals surface area contributed by atoms with E-state index in [0.29, 0.717) is 23.6 Å². The van der Waals surface area contributed by atoms with Gasteiger partial charge >= 0.3 is 5.97 Å². The van der Waals surface area contributed by atoms with Gasteiger partial charge in [0.25, 0.3) is 0 Å². The van der Waals surface area contributed by atoms with Gasteiger partial charge in [-0.15, -0.1) is 0 Å². The van der Waals surface area contributed by atoms with Crippen molar-refractivity contribution >= 4 is 5.97 Å². The van der Waals surface area contributed by atoms with Crippen molar-refractivity contribution in [1.29, 1.82) is 0 Å². The summed E-state index contributed by atoms with van der Waals surface area (Å²) in [6, 6.07) is 20.9. The molecule has 0 saturated heterocycles. The van der Waals surface area contributed by atoms with Crippen LogP contribution in [0, 0.1) is 12.8 Å². The Morgan fingerprint density at radius 1 is 1.00 bits per heavy atom. The molecule has 1 unspecified atom stereocenters. The van der Waals surface area contributed by atoms with Crippen molar-refractivity contribution in [1.82, 2.24) is 9.78 Å². The second kappa shape index (κ2) is 12.4. The molecule has 0 spiro atoms. The van der Waals surface area contributed by atoms with Crippen LogP contribution >= 0.6 is 0 Å². The summed E-state index contributed by atoms with van der Waals surface area (Å²) in [4.78, 5) is 11.7. The van der Waals surface area contributed by atoms with E-state index in [-0.39, 0.29) is 11.5 Å². The van der Waals surface area contributed by atoms with Crippen LogP contribution in [0.25, 0.3) is 11.1 Å². The van der Waals surface area contributed by atoms with E-state index in [1.807, 2.05) is 49.5 Å².